The number of nitrogens with zero attached hydrogens (tertiary/aromatic N) is 2. The second-order valence-corrected chi connectivity index (χ2v) is 8.22. The van der Waals surface area contributed by atoms with Gasteiger partial charge in [-0.1, -0.05) is 0 Å². The Hall–Kier alpha value is -0.630. The molecule has 1 fully saturated rings. The molecule has 0 aliphatic carbocycles. The summed E-state index contributed by atoms with van der Waals surface area (Å²) >= 11 is 3.35. The maximum atomic E-state index is 12.8. The van der Waals surface area contributed by atoms with Crippen LogP contribution in [0.3, 0.4) is 0 Å². The first-order valence-electron chi connectivity index (χ1n) is 6.86. The maximum absolute atomic E-state index is 12.8. The SMILES string of the molecule is COc1ccc(S(=O)(=O)N2CCCC2CN(C)C)cc1Br. The third kappa shape index (κ3) is 3.59. The van der Waals surface area contributed by atoms with Gasteiger partial charge in [-0.05, 0) is 61.1 Å². The first-order chi connectivity index (χ1) is 9.86. The van der Waals surface area contributed by atoms with Crippen molar-refractivity contribution < 1.29 is 13.2 Å². The Labute approximate surface area is 135 Å². The molecule has 1 heterocycles. The van der Waals surface area contributed by atoms with Crippen LogP contribution in [-0.2, 0) is 10.0 Å². The minimum atomic E-state index is -3.46. The average Bonchev–Trinajstić information content (AvgIpc) is 2.86. The highest BCUT2D eigenvalue weighted by Crippen LogP contribution is 2.31. The summed E-state index contributed by atoms with van der Waals surface area (Å²) in [5.74, 6) is 0.625. The molecule has 7 heteroatoms. The van der Waals surface area contributed by atoms with Crippen LogP contribution in [0.2, 0.25) is 0 Å². The van der Waals surface area contributed by atoms with Gasteiger partial charge in [0.2, 0.25) is 10.0 Å². The predicted octanol–water partition coefficient (Wildman–Crippen LogP) is 2.17. The molecule has 1 unspecified atom stereocenters. The van der Waals surface area contributed by atoms with Crippen molar-refractivity contribution in [3.05, 3.63) is 22.7 Å². The zero-order valence-electron chi connectivity index (χ0n) is 12.5. The van der Waals surface area contributed by atoms with Crippen LogP contribution in [0, 0.1) is 0 Å². The van der Waals surface area contributed by atoms with Crippen LogP contribution < -0.4 is 4.74 Å². The highest BCUT2D eigenvalue weighted by molar-refractivity contribution is 9.10. The van der Waals surface area contributed by atoms with Crippen molar-refractivity contribution in [3.63, 3.8) is 0 Å². The minimum absolute atomic E-state index is 0.0471. The molecular formula is C14H21BrN2O3S. The number of rotatable bonds is 5. The lowest BCUT2D eigenvalue weighted by Crippen LogP contribution is -2.41. The molecule has 0 N–H and O–H groups in total. The Kier molecular flexibility index (Phi) is 5.29. The second kappa shape index (κ2) is 6.64. The smallest absolute Gasteiger partial charge is 0.243 e. The average molecular weight is 377 g/mol. The van der Waals surface area contributed by atoms with Crippen molar-refractivity contribution in [3.8, 4) is 5.75 Å². The summed E-state index contributed by atoms with van der Waals surface area (Å²) in [5.41, 5.74) is 0. The van der Waals surface area contributed by atoms with Crippen LogP contribution in [0.1, 0.15) is 12.8 Å². The lowest BCUT2D eigenvalue weighted by atomic mass is 10.2. The van der Waals surface area contributed by atoms with Gasteiger partial charge in [-0.3, -0.25) is 0 Å². The Bertz CT molecular complexity index is 604. The standard InChI is InChI=1S/C14H21BrN2O3S/c1-16(2)10-11-5-4-8-17(11)21(18,19)12-6-7-14(20-3)13(15)9-12/h6-7,9,11H,4-5,8,10H2,1-3H3. The number of ether oxygens (including phenoxy) is 1. The molecule has 0 radical (unpaired) electrons. The monoisotopic (exact) mass is 376 g/mol. The number of halogens is 1. The summed E-state index contributed by atoms with van der Waals surface area (Å²) in [6.07, 6.45) is 1.82. The first kappa shape index (κ1) is 16.7. The van der Waals surface area contributed by atoms with E-state index >= 15 is 0 Å². The molecule has 0 aromatic heterocycles. The fourth-order valence-electron chi connectivity index (χ4n) is 2.67. The van der Waals surface area contributed by atoms with Crippen LogP contribution in [0.15, 0.2) is 27.6 Å². The van der Waals surface area contributed by atoms with E-state index in [9.17, 15) is 8.42 Å². The normalized spacial score (nSPS) is 20.1. The van der Waals surface area contributed by atoms with Gasteiger partial charge >= 0.3 is 0 Å². The summed E-state index contributed by atoms with van der Waals surface area (Å²) in [4.78, 5) is 2.34. The lowest BCUT2D eigenvalue weighted by molar-refractivity contribution is 0.291. The van der Waals surface area contributed by atoms with Gasteiger partial charge in [-0.2, -0.15) is 4.31 Å². The van der Waals surface area contributed by atoms with Crippen LogP contribution in [0.25, 0.3) is 0 Å². The molecule has 1 aliphatic heterocycles. The third-order valence-corrected chi connectivity index (χ3v) is 6.20. The van der Waals surface area contributed by atoms with Gasteiger partial charge in [0.05, 0.1) is 16.5 Å². The van der Waals surface area contributed by atoms with Gasteiger partial charge in [0.15, 0.2) is 0 Å². The fraction of sp³-hybridized carbons (Fsp3) is 0.571. The van der Waals surface area contributed by atoms with Crippen molar-refractivity contribution in [2.45, 2.75) is 23.8 Å². The zero-order chi connectivity index (χ0) is 15.6. The van der Waals surface area contributed by atoms with E-state index in [-0.39, 0.29) is 6.04 Å². The summed E-state index contributed by atoms with van der Waals surface area (Å²) < 4.78 is 33.1. The lowest BCUT2D eigenvalue weighted by Gasteiger charge is -2.26. The molecule has 5 nitrogen and oxygen atoms in total. The van der Waals surface area contributed by atoms with E-state index in [1.54, 1.807) is 29.6 Å². The second-order valence-electron chi connectivity index (χ2n) is 5.47. The van der Waals surface area contributed by atoms with Crippen molar-refractivity contribution in [1.82, 2.24) is 9.21 Å². The molecule has 21 heavy (non-hydrogen) atoms. The molecule has 1 aliphatic rings. The Morgan fingerprint density at radius 1 is 1.43 bits per heavy atom. The summed E-state index contributed by atoms with van der Waals surface area (Å²) in [6, 6.07) is 4.93. The van der Waals surface area contributed by atoms with Gasteiger partial charge in [-0.25, -0.2) is 8.42 Å². The minimum Gasteiger partial charge on any atom is -0.496 e. The Balaban J connectivity index is 2.30. The molecule has 2 rings (SSSR count). The fourth-order valence-corrected chi connectivity index (χ4v) is 5.08. The molecule has 118 valence electrons. The Morgan fingerprint density at radius 2 is 2.14 bits per heavy atom. The number of benzene rings is 1. The Morgan fingerprint density at radius 3 is 2.71 bits per heavy atom. The van der Waals surface area contributed by atoms with Crippen LogP contribution in [0.4, 0.5) is 0 Å². The highest BCUT2D eigenvalue weighted by Gasteiger charge is 2.35. The summed E-state index contributed by atoms with van der Waals surface area (Å²) in [5, 5.41) is 0. The molecule has 0 spiro atoms. The molecule has 1 aromatic carbocycles. The molecular weight excluding hydrogens is 356 g/mol. The van der Waals surface area contributed by atoms with E-state index in [1.807, 2.05) is 19.0 Å². The molecule has 0 amide bonds. The number of hydrogen-bond donors (Lipinski definition) is 0. The topological polar surface area (TPSA) is 49.9 Å². The largest absolute Gasteiger partial charge is 0.496 e. The van der Waals surface area contributed by atoms with Crippen molar-refractivity contribution in [1.29, 1.82) is 0 Å². The van der Waals surface area contributed by atoms with E-state index in [2.05, 4.69) is 15.9 Å². The van der Waals surface area contributed by atoms with Crippen molar-refractivity contribution in [2.75, 3.05) is 34.3 Å². The van der Waals surface area contributed by atoms with Crippen LogP contribution in [-0.4, -0.2) is 58.0 Å². The van der Waals surface area contributed by atoms with E-state index in [0.29, 0.717) is 21.7 Å². The summed E-state index contributed by atoms with van der Waals surface area (Å²) in [7, 11) is 2.03. The number of methoxy groups -OCH3 is 1. The third-order valence-electron chi connectivity index (χ3n) is 3.63. The predicted molar refractivity (Wildman–Crippen MR) is 86.2 cm³/mol. The van der Waals surface area contributed by atoms with E-state index in [1.165, 1.54) is 0 Å². The van der Waals surface area contributed by atoms with Gasteiger partial charge < -0.3 is 9.64 Å². The van der Waals surface area contributed by atoms with Crippen molar-refractivity contribution >= 4 is 26.0 Å². The first-order valence-corrected chi connectivity index (χ1v) is 9.09. The van der Waals surface area contributed by atoms with Gasteiger partial charge in [0.1, 0.15) is 5.75 Å². The molecule has 1 atom stereocenters. The van der Waals surface area contributed by atoms with E-state index in [0.717, 1.165) is 19.4 Å². The van der Waals surface area contributed by atoms with Crippen molar-refractivity contribution in [2.24, 2.45) is 0 Å². The summed E-state index contributed by atoms with van der Waals surface area (Å²) in [6.45, 7) is 1.33. The van der Waals surface area contributed by atoms with Gasteiger partial charge in [0, 0.05) is 19.1 Å². The zero-order valence-corrected chi connectivity index (χ0v) is 14.9. The molecule has 1 saturated heterocycles. The van der Waals surface area contributed by atoms with Gasteiger partial charge in [0.25, 0.3) is 0 Å². The van der Waals surface area contributed by atoms with E-state index in [4.69, 9.17) is 4.74 Å². The molecule has 0 bridgehead atoms. The maximum Gasteiger partial charge on any atom is 0.243 e. The van der Waals surface area contributed by atoms with Gasteiger partial charge in [-0.15, -0.1) is 0 Å². The number of likely N-dealkylation sites (N-methyl/N-ethyl adjacent to an activating group) is 1. The van der Waals surface area contributed by atoms with Crippen LogP contribution >= 0.6 is 15.9 Å². The van der Waals surface area contributed by atoms with E-state index < -0.39 is 10.0 Å². The molecule has 1 aromatic rings. The number of sulfonamides is 1. The quantitative estimate of drug-likeness (QED) is 0.789. The highest BCUT2D eigenvalue weighted by atomic mass is 79.9. The van der Waals surface area contributed by atoms with Crippen LogP contribution in [0.5, 0.6) is 5.75 Å². The number of hydrogen-bond acceptors (Lipinski definition) is 4. The molecule has 0 saturated carbocycles.